The normalized spacial score (nSPS) is 14.1. The molecule has 148 valence electrons. The van der Waals surface area contributed by atoms with Gasteiger partial charge in [0, 0.05) is 6.42 Å². The van der Waals surface area contributed by atoms with E-state index in [0.717, 1.165) is 19.3 Å². The van der Waals surface area contributed by atoms with E-state index in [0.29, 0.717) is 23.9 Å². The number of carbonyl (C=O) groups is 2. The first-order valence-electron chi connectivity index (χ1n) is 9.53. The Labute approximate surface area is 152 Å². The number of ether oxygens (including phenoxy) is 1. The predicted molar refractivity (Wildman–Crippen MR) is 98.3 cm³/mol. The maximum absolute atomic E-state index is 11.9. The van der Waals surface area contributed by atoms with Gasteiger partial charge in [-0.3, -0.25) is 9.59 Å². The van der Waals surface area contributed by atoms with Gasteiger partial charge in [0.1, 0.15) is 6.54 Å². The van der Waals surface area contributed by atoms with Crippen molar-refractivity contribution in [1.82, 2.24) is 0 Å². The van der Waals surface area contributed by atoms with Crippen molar-refractivity contribution in [2.45, 2.75) is 83.3 Å². The molecule has 0 aliphatic carbocycles. The minimum absolute atomic E-state index is 0.179. The maximum Gasteiger partial charge on any atom is 0.307 e. The van der Waals surface area contributed by atoms with Gasteiger partial charge in [-0.25, -0.2) is 0 Å². The van der Waals surface area contributed by atoms with E-state index in [9.17, 15) is 14.7 Å². The van der Waals surface area contributed by atoms with Crippen LogP contribution in [-0.4, -0.2) is 66.5 Å². The zero-order valence-electron chi connectivity index (χ0n) is 16.5. The molecule has 2 N–H and O–H groups in total. The number of aliphatic hydroxyl groups excluding tert-OH is 1. The van der Waals surface area contributed by atoms with Gasteiger partial charge in [0.25, 0.3) is 0 Å². The monoisotopic (exact) mass is 360 g/mol. The van der Waals surface area contributed by atoms with Crippen LogP contribution in [0.4, 0.5) is 0 Å². The van der Waals surface area contributed by atoms with Crippen LogP contribution in [0.1, 0.15) is 71.1 Å². The number of carbonyl (C=O) groups excluding carboxylic acids is 1. The third-order valence-corrected chi connectivity index (χ3v) is 4.01. The quantitative estimate of drug-likeness (QED) is 0.266. The van der Waals surface area contributed by atoms with Crippen LogP contribution in [0.5, 0.6) is 0 Å². The molecule has 0 rings (SSSR count). The molecule has 0 aliphatic heterocycles. The van der Waals surface area contributed by atoms with Crippen LogP contribution < -0.4 is 0 Å². The third-order valence-electron chi connectivity index (χ3n) is 4.01. The first kappa shape index (κ1) is 23.9. The summed E-state index contributed by atoms with van der Waals surface area (Å²) in [6.07, 6.45) is 6.83. The van der Waals surface area contributed by atoms with Gasteiger partial charge in [0.15, 0.2) is 6.10 Å². The molecule has 0 saturated carbocycles. The molecule has 0 aromatic rings. The Bertz CT molecular complexity index is 379. The van der Waals surface area contributed by atoms with Crippen LogP contribution in [0.25, 0.3) is 0 Å². The molecule has 6 nitrogen and oxygen atoms in total. The van der Waals surface area contributed by atoms with Crippen LogP contribution in [-0.2, 0) is 14.3 Å². The summed E-state index contributed by atoms with van der Waals surface area (Å²) in [5, 5.41) is 18.9. The number of aliphatic carboxylic acids is 1. The van der Waals surface area contributed by atoms with Crippen molar-refractivity contribution >= 4 is 11.9 Å². The highest BCUT2D eigenvalue weighted by atomic mass is 16.5. The second-order valence-corrected chi connectivity index (χ2v) is 7.93. The van der Waals surface area contributed by atoms with Crippen LogP contribution in [0.3, 0.4) is 0 Å². The first-order chi connectivity index (χ1) is 11.6. The highest BCUT2D eigenvalue weighted by Crippen LogP contribution is 2.13. The molecule has 0 aromatic heterocycles. The summed E-state index contributed by atoms with van der Waals surface area (Å²) < 4.78 is 5.86. The van der Waals surface area contributed by atoms with Gasteiger partial charge >= 0.3 is 11.9 Å². The lowest BCUT2D eigenvalue weighted by molar-refractivity contribution is -0.873. The number of quaternary nitrogens is 1. The molecular weight excluding hydrogens is 322 g/mol. The number of aliphatic hydroxyl groups is 1. The second-order valence-electron chi connectivity index (χ2n) is 7.93. The number of hydrogen-bond donors (Lipinski definition) is 2. The fourth-order valence-electron chi connectivity index (χ4n) is 2.80. The van der Waals surface area contributed by atoms with E-state index in [1.54, 1.807) is 0 Å². The standard InChI is InChI=1S/C19H37NO5/c1-5-6-7-8-9-11-16(21)12-10-13-19(24)25-17(14-18(22)23)15-20(2,3)4/h16-17,21H,5-15H2,1-4H3/p+1. The molecule has 0 heterocycles. The summed E-state index contributed by atoms with van der Waals surface area (Å²) in [6.45, 7) is 2.63. The SMILES string of the molecule is CCCCCCCC(O)CCCC(=O)OC(CC(=O)O)C[N+](C)(C)C. The van der Waals surface area contributed by atoms with E-state index in [1.165, 1.54) is 19.3 Å². The zero-order chi connectivity index (χ0) is 19.3. The highest BCUT2D eigenvalue weighted by molar-refractivity contribution is 5.71. The van der Waals surface area contributed by atoms with Crippen LogP contribution >= 0.6 is 0 Å². The number of rotatable bonds is 15. The van der Waals surface area contributed by atoms with Crippen LogP contribution in [0.2, 0.25) is 0 Å². The molecule has 0 amide bonds. The van der Waals surface area contributed by atoms with E-state index in [2.05, 4.69) is 6.92 Å². The molecule has 0 radical (unpaired) electrons. The number of hydrogen-bond acceptors (Lipinski definition) is 4. The van der Waals surface area contributed by atoms with E-state index in [1.807, 2.05) is 21.1 Å². The molecule has 6 heteroatoms. The minimum Gasteiger partial charge on any atom is -0.481 e. The molecule has 2 unspecified atom stereocenters. The van der Waals surface area contributed by atoms with Crippen molar-refractivity contribution in [3.05, 3.63) is 0 Å². The molecule has 0 aromatic carbocycles. The first-order valence-corrected chi connectivity index (χ1v) is 9.53. The largest absolute Gasteiger partial charge is 0.481 e. The Morgan fingerprint density at radius 1 is 1.00 bits per heavy atom. The molecule has 0 bridgehead atoms. The fraction of sp³-hybridized carbons (Fsp3) is 0.895. The summed E-state index contributed by atoms with van der Waals surface area (Å²) >= 11 is 0. The topological polar surface area (TPSA) is 83.8 Å². The van der Waals surface area contributed by atoms with Crippen molar-refractivity contribution in [3.63, 3.8) is 0 Å². The number of carboxylic acids is 1. The summed E-state index contributed by atoms with van der Waals surface area (Å²) in [4.78, 5) is 22.8. The van der Waals surface area contributed by atoms with Crippen molar-refractivity contribution in [3.8, 4) is 0 Å². The lowest BCUT2D eigenvalue weighted by Crippen LogP contribution is -2.43. The number of nitrogens with zero attached hydrogens (tertiary/aromatic N) is 1. The van der Waals surface area contributed by atoms with Gasteiger partial charge in [-0.15, -0.1) is 0 Å². The predicted octanol–water partition coefficient (Wildman–Crippen LogP) is 2.97. The molecule has 0 saturated heterocycles. The Hall–Kier alpha value is -1.14. The van der Waals surface area contributed by atoms with Gasteiger partial charge in [0.05, 0.1) is 33.7 Å². The number of likely N-dealkylation sites (N-methyl/N-ethyl adjacent to an activating group) is 1. The number of carboxylic acid groups (broad SMARTS) is 1. The Balaban J connectivity index is 3.99. The van der Waals surface area contributed by atoms with Crippen molar-refractivity contribution in [1.29, 1.82) is 0 Å². The van der Waals surface area contributed by atoms with Gasteiger partial charge in [-0.2, -0.15) is 0 Å². The average Bonchev–Trinajstić information content (AvgIpc) is 2.44. The summed E-state index contributed by atoms with van der Waals surface area (Å²) in [5.74, 6) is -1.35. The summed E-state index contributed by atoms with van der Waals surface area (Å²) in [7, 11) is 5.79. The van der Waals surface area contributed by atoms with E-state index in [-0.39, 0.29) is 24.9 Å². The van der Waals surface area contributed by atoms with Gasteiger partial charge < -0.3 is 19.4 Å². The zero-order valence-corrected chi connectivity index (χ0v) is 16.5. The van der Waals surface area contributed by atoms with Gasteiger partial charge in [0.2, 0.25) is 0 Å². The molecule has 0 fully saturated rings. The molecule has 25 heavy (non-hydrogen) atoms. The molecule has 2 atom stereocenters. The van der Waals surface area contributed by atoms with E-state index < -0.39 is 12.1 Å². The summed E-state index contributed by atoms with van der Waals surface area (Å²) in [6, 6.07) is 0. The smallest absolute Gasteiger partial charge is 0.307 e. The minimum atomic E-state index is -0.968. The third kappa shape index (κ3) is 16.1. The lowest BCUT2D eigenvalue weighted by atomic mass is 10.0. The Kier molecular flexibility index (Phi) is 12.5. The number of esters is 1. The Morgan fingerprint density at radius 2 is 1.60 bits per heavy atom. The average molecular weight is 361 g/mol. The van der Waals surface area contributed by atoms with Crippen molar-refractivity contribution in [2.75, 3.05) is 27.7 Å². The molecule has 0 aliphatic rings. The number of unbranched alkanes of at least 4 members (excludes halogenated alkanes) is 4. The lowest BCUT2D eigenvalue weighted by Gasteiger charge is -2.28. The Morgan fingerprint density at radius 3 is 2.16 bits per heavy atom. The highest BCUT2D eigenvalue weighted by Gasteiger charge is 2.24. The van der Waals surface area contributed by atoms with Gasteiger partial charge in [-0.05, 0) is 19.3 Å². The van der Waals surface area contributed by atoms with Crippen LogP contribution in [0, 0.1) is 0 Å². The fourth-order valence-corrected chi connectivity index (χ4v) is 2.80. The molecule has 0 spiro atoms. The van der Waals surface area contributed by atoms with Gasteiger partial charge in [-0.1, -0.05) is 39.0 Å². The second kappa shape index (κ2) is 13.1. The van der Waals surface area contributed by atoms with Crippen LogP contribution in [0.15, 0.2) is 0 Å². The van der Waals surface area contributed by atoms with Crippen molar-refractivity contribution < 1.29 is 29.0 Å². The maximum atomic E-state index is 11.9. The molecular formula is C19H38NO5+. The summed E-state index contributed by atoms with van der Waals surface area (Å²) in [5.41, 5.74) is 0. The van der Waals surface area contributed by atoms with E-state index in [4.69, 9.17) is 9.84 Å². The van der Waals surface area contributed by atoms with Crippen molar-refractivity contribution in [2.24, 2.45) is 0 Å². The van der Waals surface area contributed by atoms with E-state index >= 15 is 0 Å².